The normalized spacial score (nSPS) is 12.0. The van der Waals surface area contributed by atoms with E-state index in [-0.39, 0.29) is 4.90 Å². The first kappa shape index (κ1) is 15.4. The lowest BCUT2D eigenvalue weighted by Crippen LogP contribution is -2.00. The van der Waals surface area contributed by atoms with Crippen LogP contribution in [0.25, 0.3) is 0 Å². The Kier molecular flexibility index (Phi) is 4.28. The number of sulfonamides is 1. The maximum atomic E-state index is 12.2. The summed E-state index contributed by atoms with van der Waals surface area (Å²) in [7, 11) is -3.65. The van der Waals surface area contributed by atoms with E-state index in [1.807, 2.05) is 39.8 Å². The van der Waals surface area contributed by atoms with Crippen molar-refractivity contribution < 1.29 is 8.42 Å². The molecule has 0 heterocycles. The van der Waals surface area contributed by atoms with E-state index >= 15 is 0 Å². The quantitative estimate of drug-likeness (QED) is 0.811. The highest BCUT2D eigenvalue weighted by Crippen LogP contribution is 2.17. The maximum Gasteiger partial charge on any atom is 0.282 e. The summed E-state index contributed by atoms with van der Waals surface area (Å²) in [4.78, 5) is 0.215. The van der Waals surface area contributed by atoms with E-state index in [4.69, 9.17) is 0 Å². The Morgan fingerprint density at radius 3 is 1.90 bits per heavy atom. The van der Waals surface area contributed by atoms with Crippen LogP contribution in [0.2, 0.25) is 0 Å². The van der Waals surface area contributed by atoms with Crippen molar-refractivity contribution in [1.82, 2.24) is 0 Å². The van der Waals surface area contributed by atoms with Gasteiger partial charge >= 0.3 is 0 Å². The van der Waals surface area contributed by atoms with Crippen molar-refractivity contribution in [3.8, 4) is 0 Å². The van der Waals surface area contributed by atoms with Crippen LogP contribution in [0.1, 0.15) is 27.8 Å². The lowest BCUT2D eigenvalue weighted by molar-refractivity contribution is 0.598. The smallest absolute Gasteiger partial charge is 0.199 e. The second-order valence-corrected chi connectivity index (χ2v) is 6.97. The molecule has 0 unspecified atom stereocenters. The lowest BCUT2D eigenvalue weighted by atomic mass is 10.0. The summed E-state index contributed by atoms with van der Waals surface area (Å²) in [6.45, 7) is 7.85. The first-order valence-corrected chi connectivity index (χ1v) is 8.18. The predicted molar refractivity (Wildman–Crippen MR) is 86.6 cm³/mol. The van der Waals surface area contributed by atoms with Crippen LogP contribution >= 0.6 is 0 Å². The van der Waals surface area contributed by atoms with Crippen LogP contribution < -0.4 is 0 Å². The van der Waals surface area contributed by atoms with Crippen molar-refractivity contribution in [3.05, 3.63) is 64.2 Å². The minimum atomic E-state index is -3.65. The molecule has 0 aliphatic carbocycles. The van der Waals surface area contributed by atoms with Crippen LogP contribution in [0.3, 0.4) is 0 Å². The van der Waals surface area contributed by atoms with E-state index in [0.29, 0.717) is 0 Å². The molecule has 0 spiro atoms. The number of hydrogen-bond donors (Lipinski definition) is 0. The number of nitrogens with zero attached hydrogens (tertiary/aromatic N) is 1. The summed E-state index contributed by atoms with van der Waals surface area (Å²) in [5, 5.41) is 0. The van der Waals surface area contributed by atoms with E-state index in [1.54, 1.807) is 24.3 Å². The van der Waals surface area contributed by atoms with E-state index in [0.717, 1.165) is 27.8 Å². The Balaban J connectivity index is 2.39. The van der Waals surface area contributed by atoms with Crippen LogP contribution in [0.15, 0.2) is 45.7 Å². The van der Waals surface area contributed by atoms with Crippen molar-refractivity contribution in [3.63, 3.8) is 0 Å². The number of benzene rings is 2. The Morgan fingerprint density at radius 1 is 0.857 bits per heavy atom. The maximum absolute atomic E-state index is 12.2. The molecule has 2 aromatic carbocycles. The number of aryl methyl sites for hydroxylation is 4. The number of hydrogen-bond acceptors (Lipinski definition) is 2. The van der Waals surface area contributed by atoms with Gasteiger partial charge in [-0.15, -0.1) is 0 Å². The monoisotopic (exact) mass is 301 g/mol. The fourth-order valence-electron chi connectivity index (χ4n) is 2.29. The molecule has 0 bridgehead atoms. The zero-order valence-corrected chi connectivity index (χ0v) is 13.5. The molecule has 3 nitrogen and oxygen atoms in total. The third-order valence-corrected chi connectivity index (χ3v) is 4.63. The van der Waals surface area contributed by atoms with Crippen LogP contribution in [-0.2, 0) is 10.0 Å². The molecule has 0 radical (unpaired) electrons. The highest BCUT2D eigenvalue weighted by molar-refractivity contribution is 7.90. The van der Waals surface area contributed by atoms with Crippen LogP contribution in [0.4, 0.5) is 0 Å². The Labute approximate surface area is 126 Å². The highest BCUT2D eigenvalue weighted by Gasteiger charge is 2.11. The third-order valence-electron chi connectivity index (χ3n) is 3.38. The van der Waals surface area contributed by atoms with Gasteiger partial charge in [-0.1, -0.05) is 35.4 Å². The van der Waals surface area contributed by atoms with Gasteiger partial charge in [-0.3, -0.25) is 0 Å². The van der Waals surface area contributed by atoms with Gasteiger partial charge in [0.1, 0.15) is 0 Å². The molecule has 0 aromatic heterocycles. The molecule has 0 atom stereocenters. The van der Waals surface area contributed by atoms with Gasteiger partial charge in [0, 0.05) is 6.21 Å². The third kappa shape index (κ3) is 3.58. The molecule has 0 saturated heterocycles. The van der Waals surface area contributed by atoms with Crippen LogP contribution in [0, 0.1) is 27.7 Å². The van der Waals surface area contributed by atoms with Crippen molar-refractivity contribution in [2.45, 2.75) is 32.6 Å². The highest BCUT2D eigenvalue weighted by atomic mass is 32.2. The van der Waals surface area contributed by atoms with Crippen molar-refractivity contribution in [1.29, 1.82) is 0 Å². The second-order valence-electron chi connectivity index (χ2n) is 5.34. The molecule has 2 rings (SSSR count). The van der Waals surface area contributed by atoms with Gasteiger partial charge in [-0.25, -0.2) is 0 Å². The van der Waals surface area contributed by atoms with Gasteiger partial charge in [0.15, 0.2) is 0 Å². The molecule has 2 aromatic rings. The standard InChI is InChI=1S/C17H19NO2S/c1-12-5-7-16(8-6-12)21(19,20)18-11-17-14(3)9-13(2)10-15(17)4/h5-11H,1-4H3/b18-11+. The zero-order chi connectivity index (χ0) is 15.6. The molecule has 0 aliphatic rings. The number of rotatable bonds is 3. The molecule has 4 heteroatoms. The minimum absolute atomic E-state index is 0.215. The molecule has 0 aliphatic heterocycles. The summed E-state index contributed by atoms with van der Waals surface area (Å²) in [6.07, 6.45) is 1.44. The Morgan fingerprint density at radius 2 is 1.38 bits per heavy atom. The molecule has 0 N–H and O–H groups in total. The van der Waals surface area contributed by atoms with Crippen molar-refractivity contribution >= 4 is 16.2 Å². The molecule has 110 valence electrons. The summed E-state index contributed by atoms with van der Waals surface area (Å²) >= 11 is 0. The second kappa shape index (κ2) is 5.82. The molecular weight excluding hydrogens is 282 g/mol. The van der Waals surface area contributed by atoms with Gasteiger partial charge in [0.05, 0.1) is 4.90 Å². The van der Waals surface area contributed by atoms with Gasteiger partial charge in [0.2, 0.25) is 0 Å². The first-order chi connectivity index (χ1) is 9.79. The van der Waals surface area contributed by atoms with Gasteiger partial charge in [-0.2, -0.15) is 12.8 Å². The van der Waals surface area contributed by atoms with Gasteiger partial charge in [0.25, 0.3) is 10.0 Å². The van der Waals surface area contributed by atoms with Crippen LogP contribution in [0.5, 0.6) is 0 Å². The zero-order valence-electron chi connectivity index (χ0n) is 12.7. The van der Waals surface area contributed by atoms with Gasteiger partial charge < -0.3 is 0 Å². The fourth-order valence-corrected chi connectivity index (χ4v) is 3.13. The SMILES string of the molecule is Cc1ccc(S(=O)(=O)/N=C/c2c(C)cc(C)cc2C)cc1. The Hall–Kier alpha value is -1.94. The van der Waals surface area contributed by atoms with E-state index in [1.165, 1.54) is 6.21 Å². The van der Waals surface area contributed by atoms with E-state index in [9.17, 15) is 8.42 Å². The lowest BCUT2D eigenvalue weighted by Gasteiger charge is -2.06. The fraction of sp³-hybridized carbons (Fsp3) is 0.235. The topological polar surface area (TPSA) is 46.5 Å². The van der Waals surface area contributed by atoms with E-state index < -0.39 is 10.0 Å². The molecule has 0 fully saturated rings. The minimum Gasteiger partial charge on any atom is -0.199 e. The van der Waals surface area contributed by atoms with Crippen molar-refractivity contribution in [2.75, 3.05) is 0 Å². The molecule has 0 amide bonds. The first-order valence-electron chi connectivity index (χ1n) is 6.74. The van der Waals surface area contributed by atoms with E-state index in [2.05, 4.69) is 4.40 Å². The van der Waals surface area contributed by atoms with Crippen LogP contribution in [-0.4, -0.2) is 14.6 Å². The largest absolute Gasteiger partial charge is 0.282 e. The molecule has 21 heavy (non-hydrogen) atoms. The average molecular weight is 301 g/mol. The average Bonchev–Trinajstić information content (AvgIpc) is 2.37. The summed E-state index contributed by atoms with van der Waals surface area (Å²) in [6, 6.07) is 10.7. The van der Waals surface area contributed by atoms with Gasteiger partial charge in [-0.05, 0) is 56.5 Å². The summed E-state index contributed by atoms with van der Waals surface area (Å²) in [5.41, 5.74) is 5.08. The predicted octanol–water partition coefficient (Wildman–Crippen LogP) is 3.73. The molecular formula is C17H19NO2S. The summed E-state index contributed by atoms with van der Waals surface area (Å²) < 4.78 is 28.2. The summed E-state index contributed by atoms with van der Waals surface area (Å²) in [5.74, 6) is 0. The Bertz CT molecular complexity index is 765. The van der Waals surface area contributed by atoms with Crippen molar-refractivity contribution in [2.24, 2.45) is 4.40 Å². The molecule has 0 saturated carbocycles.